The molecule has 1 N–H and O–H groups in total. The zero-order chi connectivity index (χ0) is 16.1. The van der Waals surface area contributed by atoms with E-state index in [-0.39, 0.29) is 12.5 Å². The number of hydrogen-bond donors (Lipinski definition) is 1. The Labute approximate surface area is 125 Å². The minimum absolute atomic E-state index is 0.115. The first-order valence-electron chi connectivity index (χ1n) is 6.67. The first-order chi connectivity index (χ1) is 9.58. The van der Waals surface area contributed by atoms with Gasteiger partial charge in [0.15, 0.2) is 0 Å². The molecule has 0 aliphatic carbocycles. The van der Waals surface area contributed by atoms with Crippen molar-refractivity contribution in [2.45, 2.75) is 25.6 Å². The third-order valence-electron chi connectivity index (χ3n) is 2.90. The van der Waals surface area contributed by atoms with Crippen LogP contribution in [0, 0.1) is 0 Å². The maximum atomic E-state index is 12.6. The van der Waals surface area contributed by atoms with Crippen molar-refractivity contribution in [3.63, 3.8) is 0 Å². The van der Waals surface area contributed by atoms with Gasteiger partial charge in [0.2, 0.25) is 5.91 Å². The lowest BCUT2D eigenvalue weighted by Crippen LogP contribution is -2.23. The van der Waals surface area contributed by atoms with E-state index in [1.165, 1.54) is 6.07 Å². The summed E-state index contributed by atoms with van der Waals surface area (Å²) in [7, 11) is -0.614. The Morgan fingerprint density at radius 2 is 1.90 bits per heavy atom. The SMILES string of the molecule is CS(C)(C)CCCC(=O)NCc1cccc(C(F)(F)F)c1. The molecule has 0 fully saturated rings. The van der Waals surface area contributed by atoms with Crippen LogP contribution in [0.4, 0.5) is 13.2 Å². The molecule has 1 amide bonds. The first-order valence-corrected chi connectivity index (χ1v) is 9.69. The van der Waals surface area contributed by atoms with Gasteiger partial charge in [-0.1, -0.05) is 12.1 Å². The van der Waals surface area contributed by atoms with Gasteiger partial charge < -0.3 is 5.32 Å². The standard InChI is InChI=1S/C15H22F3NOS/c1-21(2,3)9-5-8-14(20)19-11-12-6-4-7-13(10-12)15(16,17)18/h4,6-7,10H,5,8-9,11H2,1-3H3,(H,19,20). The van der Waals surface area contributed by atoms with Crippen LogP contribution in [0.3, 0.4) is 0 Å². The maximum Gasteiger partial charge on any atom is 0.416 e. The van der Waals surface area contributed by atoms with Crippen LogP contribution < -0.4 is 5.32 Å². The van der Waals surface area contributed by atoms with Crippen molar-refractivity contribution < 1.29 is 18.0 Å². The van der Waals surface area contributed by atoms with Gasteiger partial charge >= 0.3 is 6.18 Å². The Bertz CT molecular complexity index is 481. The van der Waals surface area contributed by atoms with Crippen molar-refractivity contribution >= 4 is 15.9 Å². The van der Waals surface area contributed by atoms with E-state index in [0.29, 0.717) is 12.0 Å². The van der Waals surface area contributed by atoms with Crippen LogP contribution in [0.5, 0.6) is 0 Å². The molecular weight excluding hydrogens is 299 g/mol. The van der Waals surface area contributed by atoms with E-state index in [4.69, 9.17) is 0 Å². The van der Waals surface area contributed by atoms with E-state index in [9.17, 15) is 18.0 Å². The second-order valence-electron chi connectivity index (χ2n) is 5.87. The third-order valence-corrected chi connectivity index (χ3v) is 4.42. The van der Waals surface area contributed by atoms with E-state index in [1.54, 1.807) is 6.07 Å². The second kappa shape index (κ2) is 7.20. The zero-order valence-electron chi connectivity index (χ0n) is 12.6. The number of halogens is 3. The third kappa shape index (κ3) is 7.41. The maximum absolute atomic E-state index is 12.6. The largest absolute Gasteiger partial charge is 0.416 e. The number of benzene rings is 1. The van der Waals surface area contributed by atoms with Crippen LogP contribution in [0.25, 0.3) is 0 Å². The average Bonchev–Trinajstić information content (AvgIpc) is 2.34. The molecule has 6 heteroatoms. The van der Waals surface area contributed by atoms with E-state index >= 15 is 0 Å². The molecule has 0 aliphatic heterocycles. The topological polar surface area (TPSA) is 29.1 Å². The van der Waals surface area contributed by atoms with Gasteiger partial charge in [0.25, 0.3) is 0 Å². The van der Waals surface area contributed by atoms with Crippen molar-refractivity contribution in [1.82, 2.24) is 5.32 Å². The summed E-state index contributed by atoms with van der Waals surface area (Å²) in [5.41, 5.74) is -0.231. The van der Waals surface area contributed by atoms with Gasteiger partial charge in [-0.15, -0.1) is 0 Å². The average molecular weight is 321 g/mol. The highest BCUT2D eigenvalue weighted by molar-refractivity contribution is 8.32. The molecule has 21 heavy (non-hydrogen) atoms. The lowest BCUT2D eigenvalue weighted by atomic mass is 10.1. The van der Waals surface area contributed by atoms with Crippen molar-refractivity contribution in [3.8, 4) is 0 Å². The molecule has 0 spiro atoms. The minimum atomic E-state index is -4.35. The number of hydrogen-bond acceptors (Lipinski definition) is 1. The summed E-state index contributed by atoms with van der Waals surface area (Å²) in [6.07, 6.45) is 3.45. The molecule has 0 radical (unpaired) electrons. The molecule has 2 nitrogen and oxygen atoms in total. The van der Waals surface area contributed by atoms with Gasteiger partial charge in [-0.25, -0.2) is 10.0 Å². The Hall–Kier alpha value is -1.17. The van der Waals surface area contributed by atoms with E-state index < -0.39 is 21.8 Å². The monoisotopic (exact) mass is 321 g/mol. The molecule has 0 saturated heterocycles. The first kappa shape index (κ1) is 17.9. The zero-order valence-corrected chi connectivity index (χ0v) is 13.4. The summed E-state index contributed by atoms with van der Waals surface area (Å²) < 4.78 is 37.7. The fourth-order valence-electron chi connectivity index (χ4n) is 1.81. The van der Waals surface area contributed by atoms with Crippen LogP contribution in [0.15, 0.2) is 24.3 Å². The smallest absolute Gasteiger partial charge is 0.352 e. The Kier molecular flexibility index (Phi) is 6.13. The van der Waals surface area contributed by atoms with Gasteiger partial charge in [0.1, 0.15) is 0 Å². The fraction of sp³-hybridized carbons (Fsp3) is 0.533. The molecule has 0 unspecified atom stereocenters. The van der Waals surface area contributed by atoms with E-state index in [0.717, 1.165) is 24.3 Å². The molecular formula is C15H22F3NOS. The van der Waals surface area contributed by atoms with Gasteiger partial charge in [0, 0.05) is 13.0 Å². The molecule has 0 atom stereocenters. The highest BCUT2D eigenvalue weighted by Crippen LogP contribution is 2.35. The van der Waals surface area contributed by atoms with Crippen molar-refractivity contribution in [2.75, 3.05) is 24.5 Å². The second-order valence-corrected chi connectivity index (χ2v) is 10.5. The molecule has 0 aromatic heterocycles. The molecule has 0 heterocycles. The number of alkyl halides is 3. The van der Waals surface area contributed by atoms with Gasteiger partial charge in [-0.3, -0.25) is 4.79 Å². The Morgan fingerprint density at radius 3 is 2.48 bits per heavy atom. The predicted molar refractivity (Wildman–Crippen MR) is 82.8 cm³/mol. The number of amides is 1. The normalized spacial score (nSPS) is 13.0. The molecule has 120 valence electrons. The summed E-state index contributed by atoms with van der Waals surface area (Å²) >= 11 is 0. The molecule has 1 aromatic carbocycles. The summed E-state index contributed by atoms with van der Waals surface area (Å²) in [6.45, 7) is 0.130. The summed E-state index contributed by atoms with van der Waals surface area (Å²) in [5, 5.41) is 2.67. The lowest BCUT2D eigenvalue weighted by Gasteiger charge is -2.24. The molecule has 0 aliphatic rings. The molecule has 0 saturated carbocycles. The van der Waals surface area contributed by atoms with Gasteiger partial charge in [-0.05, 0) is 48.6 Å². The fourth-order valence-corrected chi connectivity index (χ4v) is 2.82. The van der Waals surface area contributed by atoms with Crippen LogP contribution >= 0.6 is 10.0 Å². The van der Waals surface area contributed by atoms with E-state index in [1.807, 2.05) is 0 Å². The minimum Gasteiger partial charge on any atom is -0.352 e. The van der Waals surface area contributed by atoms with Crippen molar-refractivity contribution in [2.24, 2.45) is 0 Å². The number of carbonyl (C=O) groups is 1. The van der Waals surface area contributed by atoms with Crippen LogP contribution in [-0.2, 0) is 17.5 Å². The Morgan fingerprint density at radius 1 is 1.24 bits per heavy atom. The molecule has 1 rings (SSSR count). The number of rotatable bonds is 6. The number of nitrogens with one attached hydrogen (secondary N) is 1. The summed E-state index contributed by atoms with van der Waals surface area (Å²) in [5.74, 6) is 0.903. The lowest BCUT2D eigenvalue weighted by molar-refractivity contribution is -0.137. The van der Waals surface area contributed by atoms with Crippen LogP contribution in [0.1, 0.15) is 24.0 Å². The van der Waals surface area contributed by atoms with Crippen molar-refractivity contribution in [1.29, 1.82) is 0 Å². The predicted octanol–water partition coefficient (Wildman–Crippen LogP) is 3.80. The van der Waals surface area contributed by atoms with Crippen LogP contribution in [-0.4, -0.2) is 30.4 Å². The highest BCUT2D eigenvalue weighted by atomic mass is 32.3. The summed E-state index contributed by atoms with van der Waals surface area (Å²) in [6, 6.07) is 5.03. The van der Waals surface area contributed by atoms with Gasteiger partial charge in [0.05, 0.1) is 5.56 Å². The van der Waals surface area contributed by atoms with E-state index in [2.05, 4.69) is 24.1 Å². The quantitative estimate of drug-likeness (QED) is 0.848. The molecule has 0 bridgehead atoms. The highest BCUT2D eigenvalue weighted by Gasteiger charge is 2.30. The summed E-state index contributed by atoms with van der Waals surface area (Å²) in [4.78, 5) is 11.7. The number of carbonyl (C=O) groups excluding carboxylic acids is 1. The van der Waals surface area contributed by atoms with Gasteiger partial charge in [-0.2, -0.15) is 13.2 Å². The molecule has 1 aromatic rings. The van der Waals surface area contributed by atoms with Crippen molar-refractivity contribution in [3.05, 3.63) is 35.4 Å². The van der Waals surface area contributed by atoms with Crippen LogP contribution in [0.2, 0.25) is 0 Å². The Balaban J connectivity index is 2.43.